The number of carbonyl (C=O) groups excluding carboxylic acids is 1. The van der Waals surface area contributed by atoms with Crippen molar-refractivity contribution in [2.75, 3.05) is 5.32 Å². The Hall–Kier alpha value is -1.79. The third-order valence-electron chi connectivity index (χ3n) is 3.59. The summed E-state index contributed by atoms with van der Waals surface area (Å²) >= 11 is 19.6. The highest BCUT2D eigenvalue weighted by atomic mass is 35.5. The van der Waals surface area contributed by atoms with Gasteiger partial charge >= 0.3 is 0 Å². The lowest BCUT2D eigenvalue weighted by Crippen LogP contribution is -2.15. The highest BCUT2D eigenvalue weighted by Crippen LogP contribution is 2.30. The molecule has 27 heavy (non-hydrogen) atoms. The van der Waals surface area contributed by atoms with Crippen molar-refractivity contribution in [2.24, 2.45) is 0 Å². The zero-order chi connectivity index (χ0) is 19.4. The van der Waals surface area contributed by atoms with E-state index in [2.05, 4.69) is 21.4 Å². The molecule has 3 aromatic rings. The fourth-order valence-electron chi connectivity index (χ4n) is 2.31. The molecule has 138 valence electrons. The summed E-state index contributed by atoms with van der Waals surface area (Å²) in [6.45, 7) is 2.04. The van der Waals surface area contributed by atoms with E-state index in [0.29, 0.717) is 21.6 Å². The maximum Gasteiger partial charge on any atom is 0.276 e. The minimum atomic E-state index is -0.482. The van der Waals surface area contributed by atoms with Gasteiger partial charge in [-0.25, -0.2) is 9.97 Å². The normalized spacial score (nSPS) is 10.7. The van der Waals surface area contributed by atoms with Crippen LogP contribution in [0.2, 0.25) is 15.1 Å². The fourth-order valence-corrected chi connectivity index (χ4v) is 3.59. The summed E-state index contributed by atoms with van der Waals surface area (Å²) in [5.74, 6) is 0.203. The average Bonchev–Trinajstić information content (AvgIpc) is 2.65. The number of aryl methyl sites for hydroxylation is 1. The van der Waals surface area contributed by atoms with Gasteiger partial charge in [0.1, 0.15) is 0 Å². The molecule has 1 N–H and O–H groups in total. The first-order chi connectivity index (χ1) is 12.9. The Morgan fingerprint density at radius 2 is 1.89 bits per heavy atom. The van der Waals surface area contributed by atoms with Crippen LogP contribution in [0.15, 0.2) is 53.8 Å². The third kappa shape index (κ3) is 5.14. The third-order valence-corrected chi connectivity index (χ3v) is 5.62. The van der Waals surface area contributed by atoms with E-state index in [1.54, 1.807) is 18.2 Å². The minimum Gasteiger partial charge on any atom is -0.319 e. The molecule has 0 aliphatic heterocycles. The second-order valence-electron chi connectivity index (χ2n) is 5.68. The second kappa shape index (κ2) is 8.93. The van der Waals surface area contributed by atoms with E-state index in [9.17, 15) is 4.79 Å². The van der Waals surface area contributed by atoms with Crippen molar-refractivity contribution < 1.29 is 4.79 Å². The van der Waals surface area contributed by atoms with E-state index in [4.69, 9.17) is 34.8 Å². The van der Waals surface area contributed by atoms with Gasteiger partial charge in [0.05, 0.1) is 27.0 Å². The number of amides is 1. The van der Waals surface area contributed by atoms with Gasteiger partial charge in [-0.2, -0.15) is 0 Å². The van der Waals surface area contributed by atoms with Crippen LogP contribution in [0.4, 0.5) is 5.69 Å². The summed E-state index contributed by atoms with van der Waals surface area (Å²) in [6, 6.07) is 13.1. The van der Waals surface area contributed by atoms with Crippen molar-refractivity contribution in [2.45, 2.75) is 17.8 Å². The summed E-state index contributed by atoms with van der Waals surface area (Å²) in [4.78, 5) is 21.1. The highest BCUT2D eigenvalue weighted by Gasteiger charge is 2.16. The lowest BCUT2D eigenvalue weighted by molar-refractivity contribution is 0.102. The van der Waals surface area contributed by atoms with E-state index in [0.717, 1.165) is 5.56 Å². The molecule has 0 fully saturated rings. The van der Waals surface area contributed by atoms with Crippen LogP contribution in [0.5, 0.6) is 0 Å². The van der Waals surface area contributed by atoms with E-state index in [-0.39, 0.29) is 15.7 Å². The van der Waals surface area contributed by atoms with Crippen LogP contribution >= 0.6 is 46.6 Å². The zero-order valence-corrected chi connectivity index (χ0v) is 17.3. The molecule has 1 aromatic heterocycles. The number of thioether (sulfide) groups is 1. The van der Waals surface area contributed by atoms with Crippen LogP contribution in [0.1, 0.15) is 21.6 Å². The lowest BCUT2D eigenvalue weighted by Gasteiger charge is -2.09. The molecule has 0 bridgehead atoms. The maximum absolute atomic E-state index is 12.6. The van der Waals surface area contributed by atoms with Gasteiger partial charge in [0.15, 0.2) is 10.9 Å². The first kappa shape index (κ1) is 20.0. The number of anilines is 1. The number of nitrogens with one attached hydrogen (secondary N) is 1. The molecule has 0 saturated heterocycles. The molecule has 3 rings (SSSR count). The predicted molar refractivity (Wildman–Crippen MR) is 112 cm³/mol. The summed E-state index contributed by atoms with van der Waals surface area (Å²) in [7, 11) is 0. The molecule has 4 nitrogen and oxygen atoms in total. The van der Waals surface area contributed by atoms with Crippen molar-refractivity contribution in [1.82, 2.24) is 9.97 Å². The Morgan fingerprint density at radius 1 is 1.11 bits per heavy atom. The van der Waals surface area contributed by atoms with Gasteiger partial charge in [-0.3, -0.25) is 4.79 Å². The summed E-state index contributed by atoms with van der Waals surface area (Å²) in [5.41, 5.74) is 2.80. The maximum atomic E-state index is 12.6. The molecular formula is C19H14Cl3N3OS. The topological polar surface area (TPSA) is 54.9 Å². The van der Waals surface area contributed by atoms with Gasteiger partial charge in [0.2, 0.25) is 0 Å². The summed E-state index contributed by atoms with van der Waals surface area (Å²) in [5, 5.41) is 3.90. The van der Waals surface area contributed by atoms with Gasteiger partial charge in [0.25, 0.3) is 5.91 Å². The Morgan fingerprint density at radius 3 is 2.67 bits per heavy atom. The quantitative estimate of drug-likeness (QED) is 0.376. The average molecular weight is 439 g/mol. The molecule has 0 aliphatic rings. The van der Waals surface area contributed by atoms with Crippen LogP contribution in [0.25, 0.3) is 0 Å². The Labute approximate surface area is 176 Å². The smallest absolute Gasteiger partial charge is 0.276 e. The number of nitrogens with zero attached hydrogens (tertiary/aromatic N) is 2. The molecule has 8 heteroatoms. The number of hydrogen-bond donors (Lipinski definition) is 1. The second-order valence-corrected chi connectivity index (χ2v) is 7.82. The van der Waals surface area contributed by atoms with Gasteiger partial charge in [0, 0.05) is 5.75 Å². The molecule has 0 spiro atoms. The van der Waals surface area contributed by atoms with Crippen LogP contribution in [0, 0.1) is 6.92 Å². The van der Waals surface area contributed by atoms with Gasteiger partial charge in [-0.05, 0) is 24.6 Å². The largest absolute Gasteiger partial charge is 0.319 e. The molecule has 0 radical (unpaired) electrons. The van der Waals surface area contributed by atoms with Crippen molar-refractivity contribution in [3.8, 4) is 0 Å². The first-order valence-electron chi connectivity index (χ1n) is 7.90. The fraction of sp³-hybridized carbons (Fsp3) is 0.105. The molecule has 1 amide bonds. The Bertz CT molecular complexity index is 998. The van der Waals surface area contributed by atoms with Gasteiger partial charge < -0.3 is 5.32 Å². The number of carbonyl (C=O) groups is 1. The highest BCUT2D eigenvalue weighted by molar-refractivity contribution is 7.98. The number of hydrogen-bond acceptors (Lipinski definition) is 4. The van der Waals surface area contributed by atoms with Crippen molar-refractivity contribution in [1.29, 1.82) is 0 Å². The van der Waals surface area contributed by atoms with E-state index in [1.807, 2.05) is 25.1 Å². The summed E-state index contributed by atoms with van der Waals surface area (Å²) < 4.78 is 0. The monoisotopic (exact) mass is 437 g/mol. The minimum absolute atomic E-state index is 0.0782. The number of aromatic nitrogens is 2. The van der Waals surface area contributed by atoms with Gasteiger partial charge in [-0.1, -0.05) is 82.5 Å². The van der Waals surface area contributed by atoms with Crippen LogP contribution < -0.4 is 5.32 Å². The Kier molecular flexibility index (Phi) is 6.60. The molecular weight excluding hydrogens is 425 g/mol. The van der Waals surface area contributed by atoms with Crippen molar-refractivity contribution in [3.05, 3.63) is 80.6 Å². The molecule has 1 heterocycles. The number of halogens is 3. The molecule has 0 unspecified atom stereocenters. The molecule has 0 atom stereocenters. The number of rotatable bonds is 5. The number of benzene rings is 2. The van der Waals surface area contributed by atoms with Crippen molar-refractivity contribution in [3.63, 3.8) is 0 Å². The molecule has 0 saturated carbocycles. The van der Waals surface area contributed by atoms with E-state index in [1.165, 1.54) is 23.5 Å². The molecule has 0 aliphatic carbocycles. The van der Waals surface area contributed by atoms with E-state index >= 15 is 0 Å². The Balaban J connectivity index is 1.76. The van der Waals surface area contributed by atoms with Crippen LogP contribution in [0.3, 0.4) is 0 Å². The van der Waals surface area contributed by atoms with Crippen LogP contribution in [-0.4, -0.2) is 15.9 Å². The zero-order valence-electron chi connectivity index (χ0n) is 14.2. The predicted octanol–water partition coefficient (Wildman–Crippen LogP) is 6.29. The molecule has 2 aromatic carbocycles. The van der Waals surface area contributed by atoms with Gasteiger partial charge in [-0.15, -0.1) is 0 Å². The first-order valence-corrected chi connectivity index (χ1v) is 10.0. The van der Waals surface area contributed by atoms with Crippen molar-refractivity contribution >= 4 is 58.2 Å². The summed E-state index contributed by atoms with van der Waals surface area (Å²) in [6.07, 6.45) is 1.42. The SMILES string of the molecule is Cc1cccc(CSc2ncc(Cl)c(C(=O)Nc3cccc(Cl)c3Cl)n2)c1. The van der Waals surface area contributed by atoms with Crippen LogP contribution in [-0.2, 0) is 5.75 Å². The lowest BCUT2D eigenvalue weighted by atomic mass is 10.2. The standard InChI is InChI=1S/C19H14Cl3N3OS/c1-11-4-2-5-12(8-11)10-27-19-23-9-14(21)17(25-19)18(26)24-15-7-3-6-13(20)16(15)22/h2-9H,10H2,1H3,(H,24,26). The van der Waals surface area contributed by atoms with E-state index < -0.39 is 5.91 Å².